The van der Waals surface area contributed by atoms with Crippen LogP contribution in [0, 0.1) is 6.92 Å². The van der Waals surface area contributed by atoms with Gasteiger partial charge in [-0.05, 0) is 125 Å². The van der Waals surface area contributed by atoms with Gasteiger partial charge in [0.1, 0.15) is 24.2 Å². The van der Waals surface area contributed by atoms with Gasteiger partial charge in [-0.25, -0.2) is 4.79 Å². The molecule has 5 amide bonds. The summed E-state index contributed by atoms with van der Waals surface area (Å²) in [6.45, 7) is 13.9. The molecule has 0 radical (unpaired) electrons. The Bertz CT molecular complexity index is 2740. The average molecular weight is 1000 g/mol. The smallest absolute Gasteiger partial charge is 0.407 e. The van der Waals surface area contributed by atoms with Crippen molar-refractivity contribution in [2.75, 3.05) is 13.2 Å². The van der Waals surface area contributed by atoms with E-state index in [1.165, 1.54) is 0 Å². The number of hydrogen-bond donors (Lipinski definition) is 5. The number of amides is 5. The highest BCUT2D eigenvalue weighted by Crippen LogP contribution is 2.57. The van der Waals surface area contributed by atoms with Crippen molar-refractivity contribution >= 4 is 48.2 Å². The number of rotatable bonds is 20. The number of benzene rings is 4. The quantitative estimate of drug-likeness (QED) is 0.0372. The Morgan fingerprint density at radius 2 is 1.38 bits per heavy atom. The lowest BCUT2D eigenvalue weighted by molar-refractivity contribution is -0.138. The van der Waals surface area contributed by atoms with E-state index in [1.54, 1.807) is 24.3 Å². The summed E-state index contributed by atoms with van der Waals surface area (Å²) in [6.07, 6.45) is 3.81. The Morgan fingerprint density at radius 1 is 0.764 bits per heavy atom. The number of nitrogens with two attached hydrogens (primary N) is 1. The minimum absolute atomic E-state index is 0.00111. The molecule has 6 N–H and O–H groups in total. The van der Waals surface area contributed by atoms with E-state index in [0.29, 0.717) is 36.9 Å². The second-order valence-electron chi connectivity index (χ2n) is 21.3. The van der Waals surface area contributed by atoms with Gasteiger partial charge in [0.2, 0.25) is 23.6 Å². The summed E-state index contributed by atoms with van der Waals surface area (Å²) in [5, 5.41) is 12.6. The van der Waals surface area contributed by atoms with Crippen LogP contribution in [0.1, 0.15) is 120 Å². The molecule has 1 heterocycles. The van der Waals surface area contributed by atoms with Crippen molar-refractivity contribution < 1.29 is 42.3 Å². The molecule has 0 spiro atoms. The van der Waals surface area contributed by atoms with Crippen molar-refractivity contribution in [1.29, 1.82) is 0 Å². The third-order valence-electron chi connectivity index (χ3n) is 13.0. The largest absolute Gasteiger partial charge is 0.449 e. The molecule has 0 unspecified atom stereocenters. The maximum absolute atomic E-state index is 14.7. The maximum Gasteiger partial charge on any atom is 0.407 e. The van der Waals surface area contributed by atoms with Crippen LogP contribution in [-0.2, 0) is 56.7 Å². The standard InChI is InChI=1S/C56H71N6O9P/c1-37-20-25-48-40(32-37)26-31-62(48)30-15-29-58-50(64)47(34-49(57)63)59-52(66)56(27-13-8-14-28-56)61-51(65)46(33-38-21-23-39(24-22-38)36-72(68,70-54(2,3)4)71-55(5,6)7)60-53(67)69-35-45-43-18-11-9-16-41(43)42-17-10-12-19-44(42)45/h9-12,16-26,31-32,45-47H,8,13-15,27-30,33-36H2,1-7H3,(H2,57,63)(H,58,64)(H,59,66)(H,60,67)(H,61,65)/t46-,47-/m0/s1. The summed E-state index contributed by atoms with van der Waals surface area (Å²) in [6, 6.07) is 28.8. The van der Waals surface area contributed by atoms with Gasteiger partial charge in [-0.3, -0.25) is 23.7 Å². The monoisotopic (exact) mass is 1000 g/mol. The number of ether oxygens (including phenoxy) is 1. The molecule has 16 heteroatoms. The SMILES string of the molecule is Cc1ccc2c(ccn2CCCNC(=O)[C@H](CC(N)=O)NC(=O)C2(NC(=O)[C@H](Cc3ccc(CP(=O)(OC(C)(C)C)OC(C)(C)C)cc3)NC(=O)OCC3c4ccccc4-c4ccccc43)CCCCC2)c1. The van der Waals surface area contributed by atoms with Crippen molar-refractivity contribution in [3.05, 3.63) is 131 Å². The Balaban J connectivity index is 1.08. The second-order valence-corrected chi connectivity index (χ2v) is 23.2. The van der Waals surface area contributed by atoms with Crippen LogP contribution in [0.25, 0.3) is 22.0 Å². The normalized spacial score (nSPS) is 15.4. The minimum Gasteiger partial charge on any atom is -0.449 e. The highest BCUT2D eigenvalue weighted by Gasteiger charge is 2.44. The number of carbonyl (C=O) groups excluding carboxylic acids is 5. The molecule has 384 valence electrons. The van der Waals surface area contributed by atoms with Crippen LogP contribution >= 0.6 is 7.60 Å². The highest BCUT2D eigenvalue weighted by molar-refractivity contribution is 7.53. The maximum atomic E-state index is 14.7. The molecule has 15 nitrogen and oxygen atoms in total. The number of carbonyl (C=O) groups is 5. The Kier molecular flexibility index (Phi) is 16.8. The van der Waals surface area contributed by atoms with Gasteiger partial charge < -0.3 is 45.4 Å². The lowest BCUT2D eigenvalue weighted by Crippen LogP contribution is -2.65. The van der Waals surface area contributed by atoms with Crippen molar-refractivity contribution in [1.82, 2.24) is 25.8 Å². The number of aryl methyl sites for hydroxylation is 2. The predicted octanol–water partition coefficient (Wildman–Crippen LogP) is 9.11. The first-order chi connectivity index (χ1) is 34.1. The van der Waals surface area contributed by atoms with Crippen LogP contribution in [-0.4, -0.2) is 76.3 Å². The van der Waals surface area contributed by atoms with Gasteiger partial charge in [0.05, 0.1) is 23.8 Å². The number of nitrogens with zero attached hydrogens (tertiary/aromatic N) is 1. The Labute approximate surface area is 423 Å². The van der Waals surface area contributed by atoms with Crippen LogP contribution in [0.4, 0.5) is 4.79 Å². The van der Waals surface area contributed by atoms with Gasteiger partial charge in [0.15, 0.2) is 0 Å². The molecule has 7 rings (SSSR count). The molecule has 72 heavy (non-hydrogen) atoms. The number of aromatic nitrogens is 1. The molecule has 2 aliphatic rings. The van der Waals surface area contributed by atoms with Crippen LogP contribution in [0.15, 0.2) is 103 Å². The van der Waals surface area contributed by atoms with E-state index in [9.17, 15) is 28.5 Å². The van der Waals surface area contributed by atoms with Gasteiger partial charge in [-0.2, -0.15) is 0 Å². The summed E-state index contributed by atoms with van der Waals surface area (Å²) in [4.78, 5) is 69.2. The van der Waals surface area contributed by atoms with E-state index in [4.69, 9.17) is 19.5 Å². The zero-order valence-electron chi connectivity index (χ0n) is 42.7. The molecule has 5 aromatic rings. The predicted molar refractivity (Wildman–Crippen MR) is 279 cm³/mol. The Hall–Kier alpha value is -6.28. The topological polar surface area (TPSA) is 209 Å². The number of fused-ring (bicyclic) bond motifs is 4. The van der Waals surface area contributed by atoms with Crippen molar-refractivity contribution in [2.45, 2.75) is 147 Å². The number of hydrogen-bond acceptors (Lipinski definition) is 9. The molecule has 4 aromatic carbocycles. The van der Waals surface area contributed by atoms with E-state index in [1.807, 2.05) is 109 Å². The average Bonchev–Trinajstić information content (AvgIpc) is 3.86. The molecule has 2 aliphatic carbocycles. The van der Waals surface area contributed by atoms with Gasteiger partial charge in [0.25, 0.3) is 0 Å². The van der Waals surface area contributed by atoms with Crippen LogP contribution in [0.2, 0.25) is 0 Å². The van der Waals surface area contributed by atoms with Crippen LogP contribution < -0.4 is 27.0 Å². The fourth-order valence-corrected chi connectivity index (χ4v) is 12.3. The summed E-state index contributed by atoms with van der Waals surface area (Å²) in [7, 11) is -3.63. The molecular weight excluding hydrogens is 932 g/mol. The lowest BCUT2D eigenvalue weighted by atomic mass is 9.80. The summed E-state index contributed by atoms with van der Waals surface area (Å²) in [5.41, 5.74) is 10.4. The fourth-order valence-electron chi connectivity index (χ4n) is 9.84. The summed E-state index contributed by atoms with van der Waals surface area (Å²) >= 11 is 0. The van der Waals surface area contributed by atoms with E-state index in [-0.39, 0.29) is 44.5 Å². The third-order valence-corrected chi connectivity index (χ3v) is 15.4. The lowest BCUT2D eigenvalue weighted by Gasteiger charge is -2.38. The fraction of sp³-hybridized carbons (Fsp3) is 0.446. The van der Waals surface area contributed by atoms with Crippen LogP contribution in [0.3, 0.4) is 0 Å². The molecule has 1 fully saturated rings. The third kappa shape index (κ3) is 14.0. The summed E-state index contributed by atoms with van der Waals surface area (Å²) in [5.74, 6) is -2.86. The molecule has 0 bridgehead atoms. The first kappa shape index (κ1) is 53.5. The molecule has 1 aromatic heterocycles. The van der Waals surface area contributed by atoms with Gasteiger partial charge in [-0.15, -0.1) is 0 Å². The minimum atomic E-state index is -3.63. The van der Waals surface area contributed by atoms with Crippen molar-refractivity contribution in [2.24, 2.45) is 5.73 Å². The van der Waals surface area contributed by atoms with Crippen LogP contribution in [0.5, 0.6) is 0 Å². The molecule has 0 aliphatic heterocycles. The second kappa shape index (κ2) is 22.6. The Morgan fingerprint density at radius 3 is 1.99 bits per heavy atom. The highest BCUT2D eigenvalue weighted by atomic mass is 31.2. The zero-order chi connectivity index (χ0) is 51.8. The first-order valence-electron chi connectivity index (χ1n) is 25.0. The van der Waals surface area contributed by atoms with Crippen molar-refractivity contribution in [3.8, 4) is 11.1 Å². The van der Waals surface area contributed by atoms with E-state index >= 15 is 0 Å². The first-order valence-corrected chi connectivity index (χ1v) is 26.8. The van der Waals surface area contributed by atoms with Gasteiger partial charge in [0, 0.05) is 37.1 Å². The number of alkyl carbamates (subject to hydrolysis) is 1. The number of primary amides is 1. The van der Waals surface area contributed by atoms with Crippen molar-refractivity contribution in [3.63, 3.8) is 0 Å². The number of nitrogens with one attached hydrogen (secondary N) is 4. The molecule has 1 saturated carbocycles. The van der Waals surface area contributed by atoms with E-state index in [2.05, 4.69) is 44.0 Å². The van der Waals surface area contributed by atoms with E-state index < -0.39 is 72.6 Å². The molecule has 2 atom stereocenters. The summed E-state index contributed by atoms with van der Waals surface area (Å²) < 4.78 is 34.2. The van der Waals surface area contributed by atoms with E-state index in [0.717, 1.165) is 45.1 Å². The molecule has 0 saturated heterocycles. The molecular formula is C56H71N6O9P. The van der Waals surface area contributed by atoms with Gasteiger partial charge in [-0.1, -0.05) is 104 Å². The zero-order valence-corrected chi connectivity index (χ0v) is 43.6. The van der Waals surface area contributed by atoms with Gasteiger partial charge >= 0.3 is 13.7 Å².